The average Bonchev–Trinajstić information content (AvgIpc) is 2.87. The van der Waals surface area contributed by atoms with E-state index in [0.717, 1.165) is 30.5 Å². The molecule has 5 heteroatoms. The number of benzene rings is 1. The van der Waals surface area contributed by atoms with Crippen molar-refractivity contribution in [2.75, 3.05) is 19.8 Å². The molecule has 5 nitrogen and oxygen atoms in total. The Hall–Kier alpha value is -2.30. The van der Waals surface area contributed by atoms with Crippen molar-refractivity contribution in [3.8, 4) is 0 Å². The summed E-state index contributed by atoms with van der Waals surface area (Å²) in [5.41, 5.74) is 9.80. The van der Waals surface area contributed by atoms with Crippen molar-refractivity contribution in [2.45, 2.75) is 25.2 Å². The largest absolute Gasteiger partial charge is 0.367 e. The predicted molar refractivity (Wildman–Crippen MR) is 80.1 cm³/mol. The summed E-state index contributed by atoms with van der Waals surface area (Å²) in [6, 6.07) is 7.86. The normalized spacial score (nSPS) is 17.3. The lowest BCUT2D eigenvalue weighted by molar-refractivity contribution is 0.0827. The molecule has 0 fully saturated rings. The highest BCUT2D eigenvalue weighted by atomic mass is 16.5. The minimum absolute atomic E-state index is 0.0239. The van der Waals surface area contributed by atoms with E-state index in [4.69, 9.17) is 10.3 Å². The third-order valence-electron chi connectivity index (χ3n) is 4.12. The van der Waals surface area contributed by atoms with E-state index in [9.17, 15) is 4.79 Å². The molecular weight excluding hydrogens is 266 g/mol. The summed E-state index contributed by atoms with van der Waals surface area (Å²) >= 11 is 0. The number of carbonyl (C=O) groups is 1. The van der Waals surface area contributed by atoms with Gasteiger partial charge < -0.3 is 15.2 Å². The smallest absolute Gasteiger partial charge is 0.253 e. The van der Waals surface area contributed by atoms with Crippen LogP contribution in [0.4, 0.5) is 5.88 Å². The van der Waals surface area contributed by atoms with Gasteiger partial charge in [-0.3, -0.25) is 4.79 Å². The molecule has 3 rings (SSSR count). The number of carbonyl (C=O) groups excluding carboxylic acids is 1. The standard InChI is InChI=1S/C16H19N3O2/c1-19(2)16(20)11-5-3-10(4-6-11)12-7-8-14-13(9-12)15(17)21-18-14/h3-6,12H,7-9,17H2,1-2H3. The maximum atomic E-state index is 11.9. The molecular formula is C16H19N3O2. The van der Waals surface area contributed by atoms with Crippen molar-refractivity contribution < 1.29 is 9.32 Å². The minimum atomic E-state index is 0.0239. The lowest BCUT2D eigenvalue weighted by Crippen LogP contribution is -2.21. The summed E-state index contributed by atoms with van der Waals surface area (Å²) in [4.78, 5) is 13.5. The van der Waals surface area contributed by atoms with E-state index in [1.807, 2.05) is 24.3 Å². The van der Waals surface area contributed by atoms with Gasteiger partial charge in [-0.25, -0.2) is 0 Å². The number of aromatic nitrogens is 1. The van der Waals surface area contributed by atoms with Crippen LogP contribution in [-0.4, -0.2) is 30.1 Å². The first-order valence-electron chi connectivity index (χ1n) is 7.10. The van der Waals surface area contributed by atoms with Gasteiger partial charge in [-0.15, -0.1) is 0 Å². The topological polar surface area (TPSA) is 72.4 Å². The molecule has 0 saturated heterocycles. The van der Waals surface area contributed by atoms with Gasteiger partial charge in [0.25, 0.3) is 5.91 Å². The molecule has 1 aliphatic rings. The van der Waals surface area contributed by atoms with Crippen LogP contribution in [0.5, 0.6) is 0 Å². The molecule has 1 atom stereocenters. The predicted octanol–water partition coefficient (Wildman–Crippen LogP) is 2.23. The second kappa shape index (κ2) is 5.24. The van der Waals surface area contributed by atoms with Crippen LogP contribution < -0.4 is 5.73 Å². The second-order valence-electron chi connectivity index (χ2n) is 5.73. The highest BCUT2D eigenvalue weighted by Crippen LogP contribution is 2.35. The molecule has 21 heavy (non-hydrogen) atoms. The Labute approximate surface area is 123 Å². The van der Waals surface area contributed by atoms with Crippen molar-refractivity contribution in [3.05, 3.63) is 46.6 Å². The maximum Gasteiger partial charge on any atom is 0.253 e. The molecule has 1 aromatic carbocycles. The first-order valence-corrected chi connectivity index (χ1v) is 7.10. The highest BCUT2D eigenvalue weighted by Gasteiger charge is 2.25. The quantitative estimate of drug-likeness (QED) is 0.918. The third-order valence-corrected chi connectivity index (χ3v) is 4.12. The Bertz CT molecular complexity index is 659. The van der Waals surface area contributed by atoms with Crippen LogP contribution in [-0.2, 0) is 12.8 Å². The summed E-state index contributed by atoms with van der Waals surface area (Å²) in [6.45, 7) is 0. The summed E-state index contributed by atoms with van der Waals surface area (Å²) in [6.07, 6.45) is 2.77. The van der Waals surface area contributed by atoms with Gasteiger partial charge in [0, 0.05) is 25.2 Å². The molecule has 1 heterocycles. The average molecular weight is 285 g/mol. The molecule has 1 aliphatic carbocycles. The van der Waals surface area contributed by atoms with Crippen molar-refractivity contribution in [1.82, 2.24) is 10.1 Å². The first kappa shape index (κ1) is 13.7. The number of aryl methyl sites for hydroxylation is 1. The summed E-state index contributed by atoms with van der Waals surface area (Å²) < 4.78 is 5.06. The zero-order valence-corrected chi connectivity index (χ0v) is 12.3. The fraction of sp³-hybridized carbons (Fsp3) is 0.375. The van der Waals surface area contributed by atoms with Gasteiger partial charge in [0.15, 0.2) is 0 Å². The van der Waals surface area contributed by atoms with Crippen LogP contribution >= 0.6 is 0 Å². The minimum Gasteiger partial charge on any atom is -0.367 e. The summed E-state index contributed by atoms with van der Waals surface area (Å²) in [7, 11) is 3.52. The van der Waals surface area contributed by atoms with Crippen molar-refractivity contribution >= 4 is 11.8 Å². The van der Waals surface area contributed by atoms with E-state index in [2.05, 4.69) is 5.16 Å². The lowest BCUT2D eigenvalue weighted by atomic mass is 9.82. The molecule has 2 N–H and O–H groups in total. The van der Waals surface area contributed by atoms with E-state index in [0.29, 0.717) is 17.4 Å². The fourth-order valence-corrected chi connectivity index (χ4v) is 2.87. The molecule has 0 radical (unpaired) electrons. The van der Waals surface area contributed by atoms with Crippen LogP contribution in [0.2, 0.25) is 0 Å². The molecule has 110 valence electrons. The molecule has 2 aromatic rings. The van der Waals surface area contributed by atoms with E-state index in [-0.39, 0.29) is 5.91 Å². The van der Waals surface area contributed by atoms with Gasteiger partial charge in [-0.1, -0.05) is 17.3 Å². The molecule has 0 bridgehead atoms. The second-order valence-corrected chi connectivity index (χ2v) is 5.73. The molecule has 0 aliphatic heterocycles. The van der Waals surface area contributed by atoms with Gasteiger partial charge >= 0.3 is 0 Å². The van der Waals surface area contributed by atoms with Crippen molar-refractivity contribution in [3.63, 3.8) is 0 Å². The molecule has 0 spiro atoms. The van der Waals surface area contributed by atoms with Crippen LogP contribution in [0, 0.1) is 0 Å². The number of nitrogen functional groups attached to an aromatic ring is 1. The number of anilines is 1. The number of nitrogens with two attached hydrogens (primary N) is 1. The van der Waals surface area contributed by atoms with E-state index < -0.39 is 0 Å². The van der Waals surface area contributed by atoms with E-state index >= 15 is 0 Å². The summed E-state index contributed by atoms with van der Waals surface area (Å²) in [5.74, 6) is 0.868. The van der Waals surface area contributed by atoms with E-state index in [1.54, 1.807) is 19.0 Å². The zero-order valence-electron chi connectivity index (χ0n) is 12.3. The van der Waals surface area contributed by atoms with Gasteiger partial charge in [0.1, 0.15) is 0 Å². The summed E-state index contributed by atoms with van der Waals surface area (Å²) in [5, 5.41) is 3.99. The van der Waals surface area contributed by atoms with Gasteiger partial charge in [-0.05, 0) is 42.9 Å². The molecule has 1 unspecified atom stereocenters. The number of amides is 1. The monoisotopic (exact) mass is 285 g/mol. The van der Waals surface area contributed by atoms with Gasteiger partial charge in [0.05, 0.1) is 5.69 Å². The fourth-order valence-electron chi connectivity index (χ4n) is 2.87. The van der Waals surface area contributed by atoms with Crippen LogP contribution in [0.1, 0.15) is 39.5 Å². The maximum absolute atomic E-state index is 11.9. The number of nitrogens with zero attached hydrogens (tertiary/aromatic N) is 2. The molecule has 1 amide bonds. The van der Waals surface area contributed by atoms with Crippen molar-refractivity contribution in [1.29, 1.82) is 0 Å². The Balaban J connectivity index is 1.80. The Morgan fingerprint density at radius 3 is 2.71 bits per heavy atom. The van der Waals surface area contributed by atoms with Gasteiger partial charge in [0.2, 0.25) is 5.88 Å². The third kappa shape index (κ3) is 2.51. The number of rotatable bonds is 2. The Morgan fingerprint density at radius 2 is 2.05 bits per heavy atom. The SMILES string of the molecule is CN(C)C(=O)c1ccc(C2CCc3noc(N)c3C2)cc1. The van der Waals surface area contributed by atoms with Crippen LogP contribution in [0.25, 0.3) is 0 Å². The highest BCUT2D eigenvalue weighted by molar-refractivity contribution is 5.93. The van der Waals surface area contributed by atoms with Crippen LogP contribution in [0.3, 0.4) is 0 Å². The Morgan fingerprint density at radius 1 is 1.33 bits per heavy atom. The van der Waals surface area contributed by atoms with Crippen LogP contribution in [0.15, 0.2) is 28.8 Å². The first-order chi connectivity index (χ1) is 10.1. The number of fused-ring (bicyclic) bond motifs is 1. The Kier molecular flexibility index (Phi) is 3.41. The lowest BCUT2D eigenvalue weighted by Gasteiger charge is -2.21. The van der Waals surface area contributed by atoms with E-state index in [1.165, 1.54) is 5.56 Å². The number of hydrogen-bond acceptors (Lipinski definition) is 4. The number of hydrogen-bond donors (Lipinski definition) is 1. The molecule has 1 aromatic heterocycles. The van der Waals surface area contributed by atoms with Gasteiger partial charge in [-0.2, -0.15) is 0 Å². The zero-order chi connectivity index (χ0) is 15.0. The molecule has 0 saturated carbocycles. The van der Waals surface area contributed by atoms with Crippen molar-refractivity contribution in [2.24, 2.45) is 0 Å².